The quantitative estimate of drug-likeness (QED) is 0.753. The van der Waals surface area contributed by atoms with E-state index in [2.05, 4.69) is 5.32 Å². The molecule has 0 radical (unpaired) electrons. The Kier molecular flexibility index (Phi) is 5.17. The maximum Gasteiger partial charge on any atom is 0.251 e. The van der Waals surface area contributed by atoms with E-state index < -0.39 is 6.04 Å². The summed E-state index contributed by atoms with van der Waals surface area (Å²) < 4.78 is 7.14. The first-order valence-corrected chi connectivity index (χ1v) is 8.35. The van der Waals surface area contributed by atoms with E-state index in [4.69, 9.17) is 4.74 Å². The van der Waals surface area contributed by atoms with E-state index in [-0.39, 0.29) is 11.5 Å². The van der Waals surface area contributed by atoms with Crippen LogP contribution in [0, 0.1) is 6.92 Å². The predicted octanol–water partition coefficient (Wildman–Crippen LogP) is 4.15. The summed E-state index contributed by atoms with van der Waals surface area (Å²) in [5.74, 6) is 1.17. The summed E-state index contributed by atoms with van der Waals surface area (Å²) >= 11 is 0. The highest BCUT2D eigenvalue weighted by Gasteiger charge is 2.16. The largest absolute Gasteiger partial charge is 0.457 e. The third kappa shape index (κ3) is 4.19. The molecule has 1 aromatic heterocycles. The fourth-order valence-electron chi connectivity index (χ4n) is 2.51. The normalized spacial score (nSPS) is 11.6. The number of benzene rings is 2. The number of carbonyl (C=O) groups excluding carboxylic acids is 1. The fraction of sp³-hybridized carbons (Fsp3) is 0.143. The number of rotatable bonds is 5. The summed E-state index contributed by atoms with van der Waals surface area (Å²) in [6.07, 6.45) is 1.64. The van der Waals surface area contributed by atoms with Crippen LogP contribution in [0.15, 0.2) is 77.7 Å². The third-order valence-corrected chi connectivity index (χ3v) is 4.00. The summed E-state index contributed by atoms with van der Waals surface area (Å²) in [6, 6.07) is 19.3. The van der Waals surface area contributed by atoms with Crippen LogP contribution in [-0.4, -0.2) is 10.5 Å². The van der Waals surface area contributed by atoms with Crippen LogP contribution in [0.3, 0.4) is 0 Å². The lowest BCUT2D eigenvalue weighted by Crippen LogP contribution is -2.31. The van der Waals surface area contributed by atoms with Crippen LogP contribution in [0.25, 0.3) is 0 Å². The van der Waals surface area contributed by atoms with Crippen molar-refractivity contribution in [3.05, 3.63) is 88.8 Å². The molecule has 0 spiro atoms. The van der Waals surface area contributed by atoms with Gasteiger partial charge in [-0.15, -0.1) is 0 Å². The molecule has 0 aliphatic rings. The van der Waals surface area contributed by atoms with E-state index in [0.717, 1.165) is 11.3 Å². The molecule has 3 aromatic rings. The minimum absolute atomic E-state index is 0.195. The number of hydrogen-bond donors (Lipinski definition) is 1. The fourth-order valence-corrected chi connectivity index (χ4v) is 2.51. The van der Waals surface area contributed by atoms with Crippen molar-refractivity contribution in [2.24, 2.45) is 0 Å². The number of hydrogen-bond acceptors (Lipinski definition) is 3. The molecular weight excluding hydrogens is 328 g/mol. The molecule has 26 heavy (non-hydrogen) atoms. The first kappa shape index (κ1) is 17.5. The second kappa shape index (κ2) is 7.70. The lowest BCUT2D eigenvalue weighted by Gasteiger charge is -2.15. The summed E-state index contributed by atoms with van der Waals surface area (Å²) in [6.45, 7) is 3.54. The SMILES string of the molecule is Cc1ccn(C(C)C(=O)Nc2ccc(Oc3ccccc3)cc2)c(=O)c1. The van der Waals surface area contributed by atoms with Crippen molar-refractivity contribution in [2.75, 3.05) is 5.32 Å². The number of para-hydroxylation sites is 1. The van der Waals surface area contributed by atoms with Crippen molar-refractivity contribution in [1.29, 1.82) is 0 Å². The summed E-state index contributed by atoms with van der Waals surface area (Å²) in [7, 11) is 0. The van der Waals surface area contributed by atoms with Crippen LogP contribution in [-0.2, 0) is 4.79 Å². The van der Waals surface area contributed by atoms with Crippen LogP contribution >= 0.6 is 0 Å². The smallest absolute Gasteiger partial charge is 0.251 e. The molecule has 1 unspecified atom stereocenters. The van der Waals surface area contributed by atoms with Crippen LogP contribution in [0.2, 0.25) is 0 Å². The van der Waals surface area contributed by atoms with Crippen molar-refractivity contribution in [3.8, 4) is 11.5 Å². The number of carbonyl (C=O) groups is 1. The average Bonchev–Trinajstić information content (AvgIpc) is 2.64. The Bertz CT molecular complexity index is 947. The monoisotopic (exact) mass is 348 g/mol. The van der Waals surface area contributed by atoms with Gasteiger partial charge in [0, 0.05) is 18.0 Å². The van der Waals surface area contributed by atoms with Crippen molar-refractivity contribution in [1.82, 2.24) is 4.57 Å². The van der Waals surface area contributed by atoms with Gasteiger partial charge in [0.1, 0.15) is 17.5 Å². The molecule has 0 fully saturated rings. The minimum Gasteiger partial charge on any atom is -0.457 e. The zero-order valence-electron chi connectivity index (χ0n) is 14.7. The predicted molar refractivity (Wildman–Crippen MR) is 102 cm³/mol. The molecule has 1 heterocycles. The molecule has 5 nitrogen and oxygen atoms in total. The molecule has 2 aromatic carbocycles. The summed E-state index contributed by atoms with van der Waals surface area (Å²) in [5, 5.41) is 2.82. The number of pyridine rings is 1. The first-order chi connectivity index (χ1) is 12.5. The topological polar surface area (TPSA) is 60.3 Å². The number of nitrogens with zero attached hydrogens (tertiary/aromatic N) is 1. The highest BCUT2D eigenvalue weighted by Crippen LogP contribution is 2.23. The summed E-state index contributed by atoms with van der Waals surface area (Å²) in [5.41, 5.74) is 1.31. The van der Waals surface area contributed by atoms with Crippen molar-refractivity contribution in [3.63, 3.8) is 0 Å². The van der Waals surface area contributed by atoms with E-state index in [0.29, 0.717) is 11.4 Å². The van der Waals surface area contributed by atoms with Gasteiger partial charge in [-0.05, 0) is 61.9 Å². The molecular formula is C21H20N2O3. The molecule has 5 heteroatoms. The first-order valence-electron chi connectivity index (χ1n) is 8.35. The number of aromatic nitrogens is 1. The van der Waals surface area contributed by atoms with Crippen LogP contribution in [0.1, 0.15) is 18.5 Å². The standard InChI is InChI=1S/C21H20N2O3/c1-15-12-13-23(20(24)14-15)16(2)21(25)22-17-8-10-19(11-9-17)26-18-6-4-3-5-7-18/h3-14,16H,1-2H3,(H,22,25). The highest BCUT2D eigenvalue weighted by molar-refractivity contribution is 5.93. The van der Waals surface area contributed by atoms with Crippen molar-refractivity contribution in [2.45, 2.75) is 19.9 Å². The number of nitrogens with one attached hydrogen (secondary N) is 1. The number of anilines is 1. The van der Waals surface area contributed by atoms with Gasteiger partial charge >= 0.3 is 0 Å². The lowest BCUT2D eigenvalue weighted by atomic mass is 10.2. The van der Waals surface area contributed by atoms with E-state index >= 15 is 0 Å². The van der Waals surface area contributed by atoms with Gasteiger partial charge in [0.15, 0.2) is 0 Å². The molecule has 0 aliphatic heterocycles. The average molecular weight is 348 g/mol. The Morgan fingerprint density at radius 3 is 2.31 bits per heavy atom. The molecule has 1 atom stereocenters. The van der Waals surface area contributed by atoms with Gasteiger partial charge < -0.3 is 14.6 Å². The maximum atomic E-state index is 12.4. The minimum atomic E-state index is -0.608. The van der Waals surface area contributed by atoms with E-state index in [1.165, 1.54) is 10.6 Å². The van der Waals surface area contributed by atoms with E-state index in [9.17, 15) is 9.59 Å². The van der Waals surface area contributed by atoms with Gasteiger partial charge in [0.25, 0.3) is 5.56 Å². The van der Waals surface area contributed by atoms with Crippen molar-refractivity contribution >= 4 is 11.6 Å². The van der Waals surface area contributed by atoms with Crippen molar-refractivity contribution < 1.29 is 9.53 Å². The van der Waals surface area contributed by atoms with E-state index in [1.54, 1.807) is 43.5 Å². The van der Waals surface area contributed by atoms with Gasteiger partial charge in [-0.3, -0.25) is 9.59 Å². The molecule has 132 valence electrons. The second-order valence-electron chi connectivity index (χ2n) is 6.05. The Balaban J connectivity index is 1.66. The van der Waals surface area contributed by atoms with Gasteiger partial charge in [-0.25, -0.2) is 0 Å². The van der Waals surface area contributed by atoms with E-state index in [1.807, 2.05) is 37.3 Å². The molecule has 0 bridgehead atoms. The van der Waals surface area contributed by atoms with Crippen LogP contribution in [0.4, 0.5) is 5.69 Å². The number of ether oxygens (including phenoxy) is 1. The van der Waals surface area contributed by atoms with Crippen LogP contribution < -0.4 is 15.6 Å². The molecule has 0 saturated carbocycles. The molecule has 0 aliphatic carbocycles. The Hall–Kier alpha value is -3.34. The van der Waals surface area contributed by atoms with Gasteiger partial charge in [0.2, 0.25) is 5.91 Å². The Labute approximate surface area is 151 Å². The van der Waals surface area contributed by atoms with Gasteiger partial charge in [0.05, 0.1) is 0 Å². The zero-order valence-corrected chi connectivity index (χ0v) is 14.7. The Morgan fingerprint density at radius 2 is 1.65 bits per heavy atom. The zero-order chi connectivity index (χ0) is 18.5. The van der Waals surface area contributed by atoms with Crippen LogP contribution in [0.5, 0.6) is 11.5 Å². The molecule has 3 rings (SSSR count). The molecule has 1 amide bonds. The second-order valence-corrected chi connectivity index (χ2v) is 6.05. The third-order valence-electron chi connectivity index (χ3n) is 4.00. The highest BCUT2D eigenvalue weighted by atomic mass is 16.5. The maximum absolute atomic E-state index is 12.4. The summed E-state index contributed by atoms with van der Waals surface area (Å²) in [4.78, 5) is 24.4. The Morgan fingerprint density at radius 1 is 1.00 bits per heavy atom. The molecule has 1 N–H and O–H groups in total. The lowest BCUT2D eigenvalue weighted by molar-refractivity contribution is -0.118. The van der Waals surface area contributed by atoms with Gasteiger partial charge in [-0.1, -0.05) is 18.2 Å². The molecule has 0 saturated heterocycles. The number of amides is 1. The van der Waals surface area contributed by atoms with Gasteiger partial charge in [-0.2, -0.15) is 0 Å². The number of aryl methyl sites for hydroxylation is 1.